The highest BCUT2D eigenvalue weighted by Crippen LogP contribution is 2.41. The van der Waals surface area contributed by atoms with Gasteiger partial charge in [0, 0.05) is 0 Å². The Hall–Kier alpha value is -1.73. The quantitative estimate of drug-likeness (QED) is 0.276. The van der Waals surface area contributed by atoms with Gasteiger partial charge < -0.3 is 41.0 Å². The summed E-state index contributed by atoms with van der Waals surface area (Å²) in [5, 5.41) is 18.9. The predicted octanol–water partition coefficient (Wildman–Crippen LogP) is -3.45. The molecular formula is C9H15N4O9P. The zero-order valence-electron chi connectivity index (χ0n) is 11.4. The van der Waals surface area contributed by atoms with E-state index >= 15 is 0 Å². The van der Waals surface area contributed by atoms with E-state index in [1.165, 1.54) is 0 Å². The fourth-order valence-electron chi connectivity index (χ4n) is 1.94. The molecule has 2 rings (SSSR count). The molecule has 0 aliphatic carbocycles. The summed E-state index contributed by atoms with van der Waals surface area (Å²) >= 11 is 0. The van der Waals surface area contributed by atoms with Crippen LogP contribution in [0.25, 0.3) is 0 Å². The number of nitrogen functional groups attached to an aromatic ring is 1. The normalized spacial score (nSPS) is 28.0. The number of nitrogens with two attached hydrogens (primary N) is 2. The molecule has 2 heterocycles. The van der Waals surface area contributed by atoms with Crippen molar-refractivity contribution >= 4 is 19.5 Å². The third-order valence-corrected chi connectivity index (χ3v) is 3.47. The van der Waals surface area contributed by atoms with Crippen molar-refractivity contribution in [1.29, 1.82) is 0 Å². The van der Waals surface area contributed by atoms with Crippen molar-refractivity contribution in [2.45, 2.75) is 24.6 Å². The van der Waals surface area contributed by atoms with Crippen LogP contribution in [-0.2, 0) is 13.8 Å². The molecule has 23 heavy (non-hydrogen) atoms. The Bertz CT molecular complexity index is 631. The molecule has 8 N–H and O–H groups in total. The van der Waals surface area contributed by atoms with Crippen molar-refractivity contribution in [2.75, 3.05) is 12.3 Å². The van der Waals surface area contributed by atoms with Gasteiger partial charge in [-0.15, -0.1) is 0 Å². The van der Waals surface area contributed by atoms with Crippen LogP contribution in [0.5, 0.6) is 0 Å². The van der Waals surface area contributed by atoms with Gasteiger partial charge in [0.25, 0.3) is 12.2 Å². The minimum atomic E-state index is -4.99. The molecule has 0 bridgehead atoms. The molecular weight excluding hydrogens is 339 g/mol. The number of aliphatic hydroxyl groups is 2. The van der Waals surface area contributed by atoms with Crippen molar-refractivity contribution in [3.05, 3.63) is 12.0 Å². The van der Waals surface area contributed by atoms with E-state index in [4.69, 9.17) is 35.9 Å². The van der Waals surface area contributed by atoms with Gasteiger partial charge in [0.05, 0.1) is 6.61 Å². The number of anilines is 1. The number of hydrogen-bond acceptors (Lipinski definition) is 9. The molecule has 1 unspecified atom stereocenters. The molecule has 14 heteroatoms. The molecule has 13 nitrogen and oxygen atoms in total. The molecule has 1 aliphatic rings. The molecule has 0 radical (unpaired) electrons. The summed E-state index contributed by atoms with van der Waals surface area (Å²) in [5.74, 6) is -1.22. The van der Waals surface area contributed by atoms with Crippen molar-refractivity contribution < 1.29 is 43.5 Å². The highest BCUT2D eigenvalue weighted by atomic mass is 31.2. The van der Waals surface area contributed by atoms with Gasteiger partial charge in [-0.05, 0) is 0 Å². The number of imidazole rings is 1. The van der Waals surface area contributed by atoms with Crippen molar-refractivity contribution in [2.24, 2.45) is 5.73 Å². The number of nitrogens with zero attached hydrogens (tertiary/aromatic N) is 2. The highest BCUT2D eigenvalue weighted by Gasteiger charge is 2.49. The van der Waals surface area contributed by atoms with Gasteiger partial charge in [0.2, 0.25) is 0 Å². The number of hydrogen-bond donors (Lipinski definition) is 6. The molecule has 1 fully saturated rings. The SMILES string of the molecule is NC(=O)c1ncn(OC2O[C@H](CO)[C@@H](O)[C@H]2OP(=O)(O)O)c1N. The topological polar surface area (TPSA) is 213 Å². The summed E-state index contributed by atoms with van der Waals surface area (Å²) < 4.78 is 21.2. The van der Waals surface area contributed by atoms with Gasteiger partial charge in [0.1, 0.15) is 18.5 Å². The van der Waals surface area contributed by atoms with E-state index in [0.717, 1.165) is 11.1 Å². The number of primary amides is 1. The van der Waals surface area contributed by atoms with E-state index < -0.39 is 44.9 Å². The van der Waals surface area contributed by atoms with E-state index in [1.807, 2.05) is 0 Å². The maximum absolute atomic E-state index is 11.1. The second-order valence-corrected chi connectivity index (χ2v) is 5.74. The van der Waals surface area contributed by atoms with Gasteiger partial charge in [0.15, 0.2) is 17.6 Å². The van der Waals surface area contributed by atoms with Gasteiger partial charge >= 0.3 is 7.82 Å². The molecule has 0 spiro atoms. The second-order valence-electron chi connectivity index (χ2n) is 4.55. The van der Waals surface area contributed by atoms with E-state index in [2.05, 4.69) is 9.51 Å². The van der Waals surface area contributed by atoms with Gasteiger partial charge in [-0.2, -0.15) is 4.73 Å². The lowest BCUT2D eigenvalue weighted by Gasteiger charge is -2.21. The monoisotopic (exact) mass is 354 g/mol. The first-order chi connectivity index (χ1) is 10.6. The predicted molar refractivity (Wildman–Crippen MR) is 70.4 cm³/mol. The average Bonchev–Trinajstić information content (AvgIpc) is 2.93. The Morgan fingerprint density at radius 2 is 2.17 bits per heavy atom. The van der Waals surface area contributed by atoms with E-state index in [-0.39, 0.29) is 11.5 Å². The first-order valence-electron chi connectivity index (χ1n) is 6.12. The summed E-state index contributed by atoms with van der Waals surface area (Å²) in [7, 11) is -4.99. The number of ether oxygens (including phenoxy) is 1. The van der Waals surface area contributed by atoms with Gasteiger partial charge in [-0.3, -0.25) is 9.32 Å². The van der Waals surface area contributed by atoms with Crippen LogP contribution in [0.3, 0.4) is 0 Å². The molecule has 130 valence electrons. The Kier molecular flexibility index (Phi) is 4.91. The number of phosphoric acid groups is 1. The van der Waals surface area contributed by atoms with Crippen molar-refractivity contribution in [3.63, 3.8) is 0 Å². The molecule has 0 aromatic carbocycles. The number of carbonyl (C=O) groups is 1. The smallest absolute Gasteiger partial charge is 0.394 e. The molecule has 1 saturated heterocycles. The lowest BCUT2D eigenvalue weighted by molar-refractivity contribution is -0.167. The average molecular weight is 354 g/mol. The van der Waals surface area contributed by atoms with Crippen LogP contribution >= 0.6 is 7.82 Å². The van der Waals surface area contributed by atoms with Crippen molar-refractivity contribution in [3.8, 4) is 0 Å². The Morgan fingerprint density at radius 1 is 1.52 bits per heavy atom. The summed E-state index contributed by atoms with van der Waals surface area (Å²) in [5.41, 5.74) is 10.3. The molecule has 0 saturated carbocycles. The van der Waals surface area contributed by atoms with Gasteiger partial charge in [-0.1, -0.05) is 0 Å². The Labute approximate surface area is 128 Å². The standard InChI is InChI=1S/C9H15N4O9P/c10-7-4(8(11)16)12-2-13(7)21-9-6(22-23(17,18)19)5(15)3(1-14)20-9/h2-3,5-6,9,14-15H,1,10H2,(H2,11,16)(H2,17,18,19)/t3-,5-,6-,9?/m1/s1. The van der Waals surface area contributed by atoms with E-state index in [0.29, 0.717) is 0 Å². The second kappa shape index (κ2) is 6.41. The van der Waals surface area contributed by atoms with Gasteiger partial charge in [-0.25, -0.2) is 9.55 Å². The van der Waals surface area contributed by atoms with Crippen LogP contribution in [0, 0.1) is 0 Å². The molecule has 1 aromatic rings. The van der Waals surface area contributed by atoms with Crippen LogP contribution in [0.1, 0.15) is 10.5 Å². The highest BCUT2D eigenvalue weighted by molar-refractivity contribution is 7.46. The van der Waals surface area contributed by atoms with E-state index in [9.17, 15) is 14.5 Å². The molecule has 1 aromatic heterocycles. The third-order valence-electron chi connectivity index (χ3n) is 2.96. The fraction of sp³-hybridized carbons (Fsp3) is 0.556. The molecule has 4 atom stereocenters. The number of rotatable bonds is 6. The summed E-state index contributed by atoms with van der Waals surface area (Å²) in [6.45, 7) is -0.659. The zero-order chi connectivity index (χ0) is 17.4. The lowest BCUT2D eigenvalue weighted by Crippen LogP contribution is -2.40. The number of aromatic nitrogens is 2. The maximum atomic E-state index is 11.1. The van der Waals surface area contributed by atoms with Crippen LogP contribution in [0.2, 0.25) is 0 Å². The van der Waals surface area contributed by atoms with Crippen molar-refractivity contribution in [1.82, 2.24) is 9.71 Å². The Morgan fingerprint density at radius 3 is 2.65 bits per heavy atom. The summed E-state index contributed by atoms with van der Waals surface area (Å²) in [4.78, 5) is 37.5. The number of amides is 1. The first kappa shape index (κ1) is 17.6. The van der Waals surface area contributed by atoms with Crippen LogP contribution in [0.15, 0.2) is 6.33 Å². The lowest BCUT2D eigenvalue weighted by atomic mass is 10.1. The van der Waals surface area contributed by atoms with Crippen LogP contribution in [-0.4, -0.2) is 66.8 Å². The fourth-order valence-corrected chi connectivity index (χ4v) is 2.48. The Balaban J connectivity index is 2.22. The number of aliphatic hydroxyl groups excluding tert-OH is 2. The molecule has 1 aliphatic heterocycles. The molecule has 1 amide bonds. The summed E-state index contributed by atoms with van der Waals surface area (Å²) in [6.07, 6.45) is -5.01. The van der Waals surface area contributed by atoms with E-state index in [1.54, 1.807) is 0 Å². The number of carbonyl (C=O) groups excluding carboxylic acids is 1. The first-order valence-corrected chi connectivity index (χ1v) is 7.65. The summed E-state index contributed by atoms with van der Waals surface area (Å²) in [6, 6.07) is 0. The third kappa shape index (κ3) is 3.79. The zero-order valence-corrected chi connectivity index (χ0v) is 12.3. The number of phosphoric ester groups is 1. The minimum Gasteiger partial charge on any atom is -0.394 e. The van der Waals surface area contributed by atoms with Crippen LogP contribution in [0.4, 0.5) is 5.82 Å². The maximum Gasteiger partial charge on any atom is 0.470 e. The largest absolute Gasteiger partial charge is 0.470 e. The minimum absolute atomic E-state index is 0.294. The van der Waals surface area contributed by atoms with Crippen LogP contribution < -0.4 is 16.3 Å².